The summed E-state index contributed by atoms with van der Waals surface area (Å²) in [5, 5.41) is 11.5. The third kappa shape index (κ3) is 5.19. The summed E-state index contributed by atoms with van der Waals surface area (Å²) in [5.41, 5.74) is 7.07. The lowest BCUT2D eigenvalue weighted by molar-refractivity contribution is 0.530. The molecule has 0 atom stereocenters. The minimum absolute atomic E-state index is 0. The molecular formula is C17H25IN6. The Morgan fingerprint density at radius 3 is 2.58 bits per heavy atom. The number of benzene rings is 1. The second kappa shape index (κ2) is 9.61. The monoisotopic (exact) mass is 440 g/mol. The summed E-state index contributed by atoms with van der Waals surface area (Å²) in [7, 11) is 0. The van der Waals surface area contributed by atoms with Crippen LogP contribution in [0.3, 0.4) is 0 Å². The molecule has 130 valence electrons. The summed E-state index contributed by atoms with van der Waals surface area (Å²) in [4.78, 5) is 4.44. The molecule has 1 fully saturated rings. The van der Waals surface area contributed by atoms with Crippen molar-refractivity contribution in [2.75, 3.05) is 0 Å². The minimum Gasteiger partial charge on any atom is -0.370 e. The molecule has 0 aliphatic heterocycles. The van der Waals surface area contributed by atoms with Crippen LogP contribution in [-0.4, -0.2) is 26.8 Å². The Morgan fingerprint density at radius 2 is 1.88 bits per heavy atom. The largest absolute Gasteiger partial charge is 0.370 e. The van der Waals surface area contributed by atoms with Crippen LogP contribution in [0.4, 0.5) is 0 Å². The number of nitrogens with two attached hydrogens (primary N) is 1. The number of rotatable bonds is 4. The van der Waals surface area contributed by atoms with Crippen molar-refractivity contribution in [2.45, 2.75) is 51.1 Å². The number of nitrogens with zero attached hydrogens (tertiary/aromatic N) is 4. The van der Waals surface area contributed by atoms with Gasteiger partial charge in [0.05, 0.1) is 0 Å². The molecule has 0 saturated heterocycles. The van der Waals surface area contributed by atoms with Crippen molar-refractivity contribution < 1.29 is 0 Å². The Balaban J connectivity index is 0.00000208. The summed E-state index contributed by atoms with van der Waals surface area (Å²) in [6, 6.07) is 10.5. The second-order valence-corrected chi connectivity index (χ2v) is 5.99. The quantitative estimate of drug-likeness (QED) is 0.332. The van der Waals surface area contributed by atoms with Crippen LogP contribution in [0.15, 0.2) is 41.7 Å². The van der Waals surface area contributed by atoms with Crippen LogP contribution in [0.5, 0.6) is 0 Å². The van der Waals surface area contributed by atoms with Gasteiger partial charge < -0.3 is 11.1 Å². The number of hydrogen-bond acceptors (Lipinski definition) is 3. The Bertz CT molecular complexity index is 632. The van der Waals surface area contributed by atoms with E-state index in [-0.39, 0.29) is 24.0 Å². The first-order valence-electron chi connectivity index (χ1n) is 8.34. The van der Waals surface area contributed by atoms with Crippen molar-refractivity contribution in [3.8, 4) is 5.69 Å². The van der Waals surface area contributed by atoms with Crippen molar-refractivity contribution in [3.05, 3.63) is 42.5 Å². The van der Waals surface area contributed by atoms with Gasteiger partial charge in [-0.25, -0.2) is 4.99 Å². The lowest BCUT2D eigenvalue weighted by atomic mass is 10.1. The highest BCUT2D eigenvalue weighted by Gasteiger charge is 2.12. The first kappa shape index (κ1) is 18.7. The second-order valence-electron chi connectivity index (χ2n) is 5.99. The van der Waals surface area contributed by atoms with Crippen LogP contribution in [0, 0.1) is 0 Å². The third-order valence-corrected chi connectivity index (χ3v) is 4.25. The number of aromatic nitrogens is 3. The molecule has 3 N–H and O–H groups in total. The van der Waals surface area contributed by atoms with Gasteiger partial charge in [0, 0.05) is 11.7 Å². The highest BCUT2D eigenvalue weighted by atomic mass is 127. The van der Waals surface area contributed by atoms with Crippen LogP contribution in [0.1, 0.15) is 44.3 Å². The number of halogens is 1. The minimum atomic E-state index is 0. The molecule has 3 rings (SSSR count). The van der Waals surface area contributed by atoms with Crippen LogP contribution in [0.25, 0.3) is 5.69 Å². The van der Waals surface area contributed by atoms with E-state index in [1.54, 1.807) is 6.33 Å². The van der Waals surface area contributed by atoms with Gasteiger partial charge in [0.25, 0.3) is 0 Å². The highest BCUT2D eigenvalue weighted by molar-refractivity contribution is 14.0. The summed E-state index contributed by atoms with van der Waals surface area (Å²) in [5.74, 6) is 1.28. The zero-order valence-corrected chi connectivity index (χ0v) is 16.1. The number of nitrogens with one attached hydrogen (secondary N) is 1. The van der Waals surface area contributed by atoms with E-state index in [4.69, 9.17) is 5.73 Å². The molecular weight excluding hydrogens is 415 g/mol. The summed E-state index contributed by atoms with van der Waals surface area (Å²) in [6.45, 7) is 0.417. The predicted molar refractivity (Wildman–Crippen MR) is 107 cm³/mol. The highest BCUT2D eigenvalue weighted by Crippen LogP contribution is 2.17. The van der Waals surface area contributed by atoms with Crippen LogP contribution >= 0.6 is 24.0 Å². The fourth-order valence-electron chi connectivity index (χ4n) is 3.01. The summed E-state index contributed by atoms with van der Waals surface area (Å²) >= 11 is 0. The van der Waals surface area contributed by atoms with Gasteiger partial charge >= 0.3 is 0 Å². The third-order valence-electron chi connectivity index (χ3n) is 4.25. The topological polar surface area (TPSA) is 81.1 Å². The Hall–Kier alpha value is -1.64. The zero-order valence-electron chi connectivity index (χ0n) is 13.8. The van der Waals surface area contributed by atoms with Crippen LogP contribution < -0.4 is 11.1 Å². The fraction of sp³-hybridized carbons (Fsp3) is 0.471. The molecule has 2 aromatic rings. The van der Waals surface area contributed by atoms with Crippen molar-refractivity contribution in [3.63, 3.8) is 0 Å². The molecule has 0 spiro atoms. The lowest BCUT2D eigenvalue weighted by Crippen LogP contribution is -2.39. The van der Waals surface area contributed by atoms with E-state index < -0.39 is 0 Å². The molecule has 1 aliphatic rings. The molecule has 0 amide bonds. The predicted octanol–water partition coefficient (Wildman–Crippen LogP) is 3.01. The van der Waals surface area contributed by atoms with Gasteiger partial charge in [0.1, 0.15) is 12.9 Å². The molecule has 1 saturated carbocycles. The molecule has 1 aliphatic carbocycles. The van der Waals surface area contributed by atoms with E-state index in [1.807, 2.05) is 34.9 Å². The fourth-order valence-corrected chi connectivity index (χ4v) is 3.01. The van der Waals surface area contributed by atoms with Crippen LogP contribution in [-0.2, 0) is 6.54 Å². The Morgan fingerprint density at radius 1 is 1.17 bits per heavy atom. The van der Waals surface area contributed by atoms with E-state index >= 15 is 0 Å². The van der Waals surface area contributed by atoms with E-state index in [9.17, 15) is 0 Å². The van der Waals surface area contributed by atoms with Gasteiger partial charge in [-0.3, -0.25) is 4.57 Å². The van der Waals surface area contributed by atoms with Crippen molar-refractivity contribution >= 4 is 29.9 Å². The maximum atomic E-state index is 6.04. The number of para-hydroxylation sites is 1. The average Bonchev–Trinajstić information content (AvgIpc) is 2.91. The number of hydrogen-bond donors (Lipinski definition) is 2. The number of aliphatic imine (C=N–C) groups is 1. The molecule has 24 heavy (non-hydrogen) atoms. The normalized spacial score (nSPS) is 16.2. The molecule has 0 bridgehead atoms. The first-order valence-corrected chi connectivity index (χ1v) is 8.34. The average molecular weight is 440 g/mol. The Kier molecular flexibility index (Phi) is 7.48. The van der Waals surface area contributed by atoms with Gasteiger partial charge in [0.2, 0.25) is 0 Å². The van der Waals surface area contributed by atoms with E-state index in [1.165, 1.54) is 38.5 Å². The van der Waals surface area contributed by atoms with Gasteiger partial charge in [-0.2, -0.15) is 0 Å². The zero-order chi connectivity index (χ0) is 15.9. The molecule has 6 nitrogen and oxygen atoms in total. The first-order chi connectivity index (χ1) is 11.3. The standard InChI is InChI=1S/C17H24N6.HI/c18-17(21-14-8-4-1-2-5-9-14)19-12-16-22-20-13-23(16)15-10-6-3-7-11-15;/h3,6-7,10-11,13-14H,1-2,4-5,8-9,12H2,(H3,18,19,21);1H. The molecule has 0 unspecified atom stereocenters. The van der Waals surface area contributed by atoms with Crippen molar-refractivity contribution in [1.29, 1.82) is 0 Å². The molecule has 7 heteroatoms. The van der Waals surface area contributed by atoms with E-state index in [0.29, 0.717) is 18.5 Å². The molecule has 1 heterocycles. The van der Waals surface area contributed by atoms with Crippen molar-refractivity contribution in [1.82, 2.24) is 20.1 Å². The van der Waals surface area contributed by atoms with E-state index in [0.717, 1.165) is 11.5 Å². The maximum absolute atomic E-state index is 6.04. The summed E-state index contributed by atoms with van der Waals surface area (Å²) < 4.78 is 1.93. The van der Waals surface area contributed by atoms with Crippen LogP contribution in [0.2, 0.25) is 0 Å². The summed E-state index contributed by atoms with van der Waals surface area (Å²) in [6.07, 6.45) is 9.26. The van der Waals surface area contributed by atoms with Gasteiger partial charge in [-0.05, 0) is 25.0 Å². The van der Waals surface area contributed by atoms with E-state index in [2.05, 4.69) is 20.5 Å². The molecule has 0 radical (unpaired) electrons. The Labute approximate surface area is 160 Å². The lowest BCUT2D eigenvalue weighted by Gasteiger charge is -2.16. The van der Waals surface area contributed by atoms with Gasteiger partial charge in [0.15, 0.2) is 11.8 Å². The maximum Gasteiger partial charge on any atom is 0.189 e. The number of guanidine groups is 1. The van der Waals surface area contributed by atoms with Gasteiger partial charge in [-0.15, -0.1) is 34.2 Å². The smallest absolute Gasteiger partial charge is 0.189 e. The van der Waals surface area contributed by atoms with Gasteiger partial charge in [-0.1, -0.05) is 43.9 Å². The SMILES string of the molecule is I.NC(=NCc1nncn1-c1ccccc1)NC1CCCCCC1. The molecule has 1 aromatic carbocycles. The van der Waals surface area contributed by atoms with Crippen molar-refractivity contribution in [2.24, 2.45) is 10.7 Å². The molecule has 1 aromatic heterocycles.